The van der Waals surface area contributed by atoms with Gasteiger partial charge in [0.2, 0.25) is 0 Å². The van der Waals surface area contributed by atoms with E-state index in [9.17, 15) is 17.6 Å². The van der Waals surface area contributed by atoms with Crippen LogP contribution in [0.15, 0.2) is 47.4 Å². The van der Waals surface area contributed by atoms with Gasteiger partial charge in [0.15, 0.2) is 15.6 Å². The Balaban J connectivity index is 2.21. The van der Waals surface area contributed by atoms with Crippen LogP contribution in [0.1, 0.15) is 15.9 Å². The number of rotatable bonds is 4. The molecule has 110 valence electrons. The molecule has 6 heteroatoms. The van der Waals surface area contributed by atoms with Crippen molar-refractivity contribution in [3.8, 4) is 0 Å². The van der Waals surface area contributed by atoms with Crippen molar-refractivity contribution in [2.75, 3.05) is 6.26 Å². The quantitative estimate of drug-likeness (QED) is 0.810. The van der Waals surface area contributed by atoms with Crippen LogP contribution in [0.3, 0.4) is 0 Å². The molecule has 0 unspecified atom stereocenters. The molecule has 0 radical (unpaired) electrons. The maximum Gasteiger partial charge on any atom is 0.175 e. The third-order valence-corrected chi connectivity index (χ3v) is 4.45. The topological polar surface area (TPSA) is 51.2 Å². The van der Waals surface area contributed by atoms with Gasteiger partial charge in [-0.2, -0.15) is 0 Å². The normalized spacial score (nSPS) is 11.4. The van der Waals surface area contributed by atoms with E-state index in [1.165, 1.54) is 36.4 Å². The molecule has 0 saturated heterocycles. The van der Waals surface area contributed by atoms with Gasteiger partial charge in [0.25, 0.3) is 0 Å². The number of carbonyl (C=O) groups is 1. The lowest BCUT2D eigenvalue weighted by atomic mass is 10.0. The van der Waals surface area contributed by atoms with Crippen LogP contribution in [-0.2, 0) is 16.3 Å². The second-order valence-corrected chi connectivity index (χ2v) is 7.06. The molecule has 0 N–H and O–H groups in total. The second-order valence-electron chi connectivity index (χ2n) is 4.63. The van der Waals surface area contributed by atoms with Crippen molar-refractivity contribution < 1.29 is 17.6 Å². The third kappa shape index (κ3) is 3.89. The van der Waals surface area contributed by atoms with E-state index in [0.29, 0.717) is 11.1 Å². The summed E-state index contributed by atoms with van der Waals surface area (Å²) in [6, 6.07) is 9.52. The molecule has 0 spiro atoms. The average molecular weight is 327 g/mol. The van der Waals surface area contributed by atoms with Gasteiger partial charge in [-0.15, -0.1) is 0 Å². The highest BCUT2D eigenvalue weighted by molar-refractivity contribution is 7.90. The van der Waals surface area contributed by atoms with Crippen LogP contribution in [0, 0.1) is 5.82 Å². The Bertz CT molecular complexity index is 783. The van der Waals surface area contributed by atoms with Crippen molar-refractivity contribution in [3.05, 3.63) is 64.4 Å². The molecule has 2 aromatic carbocycles. The van der Waals surface area contributed by atoms with Crippen LogP contribution in [0.5, 0.6) is 0 Å². The summed E-state index contributed by atoms with van der Waals surface area (Å²) in [5.41, 5.74) is 0.901. The zero-order chi connectivity index (χ0) is 15.6. The Hall–Kier alpha value is -1.72. The molecule has 0 aliphatic rings. The molecule has 0 atom stereocenters. The SMILES string of the molecule is CS(=O)(=O)c1ccc(C(=O)Cc2ccc(F)cc2Cl)cc1. The number of hydrogen-bond acceptors (Lipinski definition) is 3. The Morgan fingerprint density at radius 2 is 1.76 bits per heavy atom. The highest BCUT2D eigenvalue weighted by Gasteiger charge is 2.12. The molecule has 0 fully saturated rings. The molecule has 0 bridgehead atoms. The molecular weight excluding hydrogens is 315 g/mol. The molecule has 0 aliphatic heterocycles. The summed E-state index contributed by atoms with van der Waals surface area (Å²) in [5, 5.41) is 0.191. The molecule has 0 heterocycles. The van der Waals surface area contributed by atoms with Crippen molar-refractivity contribution in [2.45, 2.75) is 11.3 Å². The molecule has 0 saturated carbocycles. The van der Waals surface area contributed by atoms with E-state index in [1.54, 1.807) is 0 Å². The van der Waals surface area contributed by atoms with Crippen molar-refractivity contribution >= 4 is 27.2 Å². The molecule has 0 aromatic heterocycles. The van der Waals surface area contributed by atoms with Crippen LogP contribution < -0.4 is 0 Å². The van der Waals surface area contributed by atoms with Gasteiger partial charge in [-0.25, -0.2) is 12.8 Å². The number of hydrogen-bond donors (Lipinski definition) is 0. The van der Waals surface area contributed by atoms with Crippen molar-refractivity contribution in [2.24, 2.45) is 0 Å². The van der Waals surface area contributed by atoms with Crippen LogP contribution in [0.2, 0.25) is 5.02 Å². The summed E-state index contributed by atoms with van der Waals surface area (Å²) in [4.78, 5) is 12.3. The maximum atomic E-state index is 12.9. The average Bonchev–Trinajstić information content (AvgIpc) is 2.41. The minimum atomic E-state index is -3.29. The molecule has 2 aromatic rings. The maximum absolute atomic E-state index is 12.9. The third-order valence-electron chi connectivity index (χ3n) is 2.97. The van der Waals surface area contributed by atoms with Crippen molar-refractivity contribution in [1.82, 2.24) is 0 Å². The summed E-state index contributed by atoms with van der Waals surface area (Å²) in [6.07, 6.45) is 1.12. The van der Waals surface area contributed by atoms with Gasteiger partial charge in [-0.05, 0) is 29.8 Å². The zero-order valence-electron chi connectivity index (χ0n) is 11.1. The number of ketones is 1. The lowest BCUT2D eigenvalue weighted by Crippen LogP contribution is -2.05. The monoisotopic (exact) mass is 326 g/mol. The molecule has 3 nitrogen and oxygen atoms in total. The van der Waals surface area contributed by atoms with Gasteiger partial charge < -0.3 is 0 Å². The number of sulfone groups is 1. The largest absolute Gasteiger partial charge is 0.294 e. The highest BCUT2D eigenvalue weighted by atomic mass is 35.5. The van der Waals surface area contributed by atoms with Crippen LogP contribution in [0.4, 0.5) is 4.39 Å². The highest BCUT2D eigenvalue weighted by Crippen LogP contribution is 2.20. The fourth-order valence-corrected chi connectivity index (χ4v) is 2.69. The summed E-state index contributed by atoms with van der Waals surface area (Å²) in [5.74, 6) is -0.683. The second kappa shape index (κ2) is 5.95. The first-order valence-electron chi connectivity index (χ1n) is 6.04. The molecular formula is C15H12ClFO3S. The van der Waals surface area contributed by atoms with Crippen LogP contribution in [0.25, 0.3) is 0 Å². The summed E-state index contributed by atoms with van der Waals surface area (Å²) < 4.78 is 35.6. The molecule has 2 rings (SSSR count). The van der Waals surface area contributed by atoms with E-state index < -0.39 is 15.7 Å². The standard InChI is InChI=1S/C15H12ClFO3S/c1-21(19,20)13-6-3-10(4-7-13)15(18)8-11-2-5-12(17)9-14(11)16/h2-7,9H,8H2,1H3. The predicted octanol–water partition coefficient (Wildman–Crippen LogP) is 3.31. The van der Waals surface area contributed by atoms with Gasteiger partial charge >= 0.3 is 0 Å². The Kier molecular flexibility index (Phi) is 4.44. The minimum absolute atomic E-state index is 0.0251. The van der Waals surface area contributed by atoms with Gasteiger partial charge in [-0.1, -0.05) is 29.8 Å². The lowest BCUT2D eigenvalue weighted by molar-refractivity contribution is 0.0993. The Morgan fingerprint density at radius 3 is 2.29 bits per heavy atom. The predicted molar refractivity (Wildman–Crippen MR) is 79.0 cm³/mol. The molecule has 21 heavy (non-hydrogen) atoms. The number of benzene rings is 2. The first-order chi connectivity index (χ1) is 9.77. The van der Waals surface area contributed by atoms with Crippen molar-refractivity contribution in [1.29, 1.82) is 0 Å². The number of Topliss-reactive ketones (excluding diaryl/α,β-unsaturated/α-hetero) is 1. The van der Waals surface area contributed by atoms with E-state index >= 15 is 0 Å². The van der Waals surface area contributed by atoms with E-state index in [4.69, 9.17) is 11.6 Å². The summed E-state index contributed by atoms with van der Waals surface area (Å²) in [6.45, 7) is 0. The Morgan fingerprint density at radius 1 is 1.14 bits per heavy atom. The Labute approximate surface area is 127 Å². The van der Waals surface area contributed by atoms with Gasteiger partial charge in [0.1, 0.15) is 5.82 Å². The van der Waals surface area contributed by atoms with E-state index in [2.05, 4.69) is 0 Å². The van der Waals surface area contributed by atoms with E-state index in [-0.39, 0.29) is 22.1 Å². The van der Waals surface area contributed by atoms with Gasteiger partial charge in [0, 0.05) is 23.3 Å². The summed E-state index contributed by atoms with van der Waals surface area (Å²) >= 11 is 5.87. The van der Waals surface area contributed by atoms with Crippen molar-refractivity contribution in [3.63, 3.8) is 0 Å². The van der Waals surface area contributed by atoms with Crippen LogP contribution >= 0.6 is 11.6 Å². The molecule has 0 aliphatic carbocycles. The van der Waals surface area contributed by atoms with Crippen LogP contribution in [-0.4, -0.2) is 20.5 Å². The smallest absolute Gasteiger partial charge is 0.175 e. The van der Waals surface area contributed by atoms with E-state index in [0.717, 1.165) is 12.3 Å². The first-order valence-corrected chi connectivity index (χ1v) is 8.31. The van der Waals surface area contributed by atoms with E-state index in [1.807, 2.05) is 0 Å². The first kappa shape index (κ1) is 15.7. The summed E-state index contributed by atoms with van der Waals surface area (Å²) in [7, 11) is -3.29. The minimum Gasteiger partial charge on any atom is -0.294 e. The number of carbonyl (C=O) groups excluding carboxylic acids is 1. The fourth-order valence-electron chi connectivity index (χ4n) is 1.83. The fraction of sp³-hybridized carbons (Fsp3) is 0.133. The molecule has 0 amide bonds. The zero-order valence-corrected chi connectivity index (χ0v) is 12.7. The number of halogens is 2. The van der Waals surface area contributed by atoms with Gasteiger partial charge in [-0.3, -0.25) is 4.79 Å². The lowest BCUT2D eigenvalue weighted by Gasteiger charge is -2.05. The van der Waals surface area contributed by atoms with Gasteiger partial charge in [0.05, 0.1) is 4.90 Å².